The normalized spacial score (nSPS) is 23.0. The number of anilines is 4. The second kappa shape index (κ2) is 7.50. The standard InChI is InChI=1S/C19H23F3N8O/c1-9-15-16(29(3)10(2)17(31)27-15)28-18(25-9)26-11-5-12(6-11)30(4)14-8-23-13(7-24-14)19(20,21)22/h7-8,10-12H,5-6H2,1-4H3,(H,27,31)(H,25,26,28)/t10-,11?,12?/m0/s1. The van der Waals surface area contributed by atoms with Crippen molar-refractivity contribution in [2.45, 2.75) is 51.0 Å². The summed E-state index contributed by atoms with van der Waals surface area (Å²) >= 11 is 0. The summed E-state index contributed by atoms with van der Waals surface area (Å²) < 4.78 is 38.0. The maximum Gasteiger partial charge on any atom is 0.434 e. The Kier molecular flexibility index (Phi) is 5.10. The third-order valence-electron chi connectivity index (χ3n) is 5.90. The van der Waals surface area contributed by atoms with E-state index in [2.05, 4.69) is 30.6 Å². The Morgan fingerprint density at radius 2 is 1.94 bits per heavy atom. The van der Waals surface area contributed by atoms with Crippen molar-refractivity contribution in [2.75, 3.05) is 34.5 Å². The van der Waals surface area contributed by atoms with Gasteiger partial charge in [0, 0.05) is 26.2 Å². The van der Waals surface area contributed by atoms with Crippen molar-refractivity contribution >= 4 is 29.2 Å². The fourth-order valence-corrected chi connectivity index (χ4v) is 3.65. The highest BCUT2D eigenvalue weighted by Gasteiger charge is 2.36. The van der Waals surface area contributed by atoms with Gasteiger partial charge in [0.1, 0.15) is 17.5 Å². The van der Waals surface area contributed by atoms with E-state index in [-0.39, 0.29) is 24.0 Å². The van der Waals surface area contributed by atoms with Crippen LogP contribution in [0.3, 0.4) is 0 Å². The summed E-state index contributed by atoms with van der Waals surface area (Å²) in [5, 5.41) is 6.16. The number of halogens is 3. The van der Waals surface area contributed by atoms with Gasteiger partial charge in [0.05, 0.1) is 18.1 Å². The first-order valence-corrected chi connectivity index (χ1v) is 9.85. The molecular formula is C19H23F3N8O. The van der Waals surface area contributed by atoms with Gasteiger partial charge in [-0.25, -0.2) is 15.0 Å². The zero-order chi connectivity index (χ0) is 22.5. The molecule has 12 heteroatoms. The Bertz CT molecular complexity index is 991. The van der Waals surface area contributed by atoms with Crippen LogP contribution in [0.4, 0.5) is 36.4 Å². The summed E-state index contributed by atoms with van der Waals surface area (Å²) in [6.45, 7) is 3.62. The molecule has 166 valence electrons. The van der Waals surface area contributed by atoms with E-state index in [4.69, 9.17) is 0 Å². The third-order valence-corrected chi connectivity index (χ3v) is 5.90. The van der Waals surface area contributed by atoms with Gasteiger partial charge in [-0.2, -0.15) is 18.2 Å². The number of carbonyl (C=O) groups excluding carboxylic acids is 1. The summed E-state index contributed by atoms with van der Waals surface area (Å²) in [7, 11) is 3.61. The van der Waals surface area contributed by atoms with Crippen molar-refractivity contribution in [3.63, 3.8) is 0 Å². The van der Waals surface area contributed by atoms with Crippen LogP contribution in [0.1, 0.15) is 31.2 Å². The largest absolute Gasteiger partial charge is 0.434 e. The van der Waals surface area contributed by atoms with Gasteiger partial charge in [0.2, 0.25) is 11.9 Å². The second-order valence-electron chi connectivity index (χ2n) is 7.94. The molecule has 1 amide bonds. The minimum absolute atomic E-state index is 0.0985. The first kappa shape index (κ1) is 21.1. The number of fused-ring (bicyclic) bond motifs is 1. The van der Waals surface area contributed by atoms with Crippen LogP contribution in [-0.4, -0.2) is 58.1 Å². The van der Waals surface area contributed by atoms with Crippen LogP contribution in [0, 0.1) is 6.92 Å². The third kappa shape index (κ3) is 3.93. The highest BCUT2D eigenvalue weighted by molar-refractivity contribution is 6.03. The van der Waals surface area contributed by atoms with E-state index in [1.807, 2.05) is 23.8 Å². The molecule has 1 aliphatic carbocycles. The molecule has 1 fully saturated rings. The first-order chi connectivity index (χ1) is 14.5. The summed E-state index contributed by atoms with van der Waals surface area (Å²) in [4.78, 5) is 32.1. The van der Waals surface area contributed by atoms with E-state index in [0.717, 1.165) is 25.2 Å². The van der Waals surface area contributed by atoms with Crippen molar-refractivity contribution in [3.05, 3.63) is 23.8 Å². The quantitative estimate of drug-likeness (QED) is 0.754. The number of rotatable bonds is 4. The van der Waals surface area contributed by atoms with Crippen LogP contribution in [0.5, 0.6) is 0 Å². The molecule has 0 radical (unpaired) electrons. The average molecular weight is 436 g/mol. The van der Waals surface area contributed by atoms with Gasteiger partial charge in [-0.15, -0.1) is 0 Å². The fourth-order valence-electron chi connectivity index (χ4n) is 3.65. The number of aromatic nitrogens is 4. The lowest BCUT2D eigenvalue weighted by Crippen LogP contribution is -2.49. The first-order valence-electron chi connectivity index (χ1n) is 9.85. The lowest BCUT2D eigenvalue weighted by atomic mass is 9.86. The molecule has 2 aliphatic rings. The minimum Gasteiger partial charge on any atom is -0.355 e. The maximum absolute atomic E-state index is 12.7. The van der Waals surface area contributed by atoms with Crippen molar-refractivity contribution < 1.29 is 18.0 Å². The number of aryl methyl sites for hydroxylation is 1. The average Bonchev–Trinajstić information content (AvgIpc) is 2.68. The predicted molar refractivity (Wildman–Crippen MR) is 109 cm³/mol. The molecule has 0 spiro atoms. The number of alkyl halides is 3. The van der Waals surface area contributed by atoms with Crippen molar-refractivity contribution in [3.8, 4) is 0 Å². The molecule has 1 aliphatic heterocycles. The SMILES string of the molecule is Cc1nc(NC2CC(N(C)c3cnc(C(F)(F)F)cn3)C2)nc2c1NC(=O)[C@H](C)N2C. The number of likely N-dealkylation sites (N-methyl/N-ethyl adjacent to an activating group) is 1. The minimum atomic E-state index is -4.50. The highest BCUT2D eigenvalue weighted by Crippen LogP contribution is 2.34. The monoisotopic (exact) mass is 436 g/mol. The molecule has 3 heterocycles. The molecular weight excluding hydrogens is 413 g/mol. The van der Waals surface area contributed by atoms with Gasteiger partial charge in [-0.05, 0) is 26.7 Å². The van der Waals surface area contributed by atoms with Gasteiger partial charge in [0.25, 0.3) is 0 Å². The van der Waals surface area contributed by atoms with Gasteiger partial charge in [-0.3, -0.25) is 4.79 Å². The Morgan fingerprint density at radius 3 is 2.55 bits per heavy atom. The Balaban J connectivity index is 1.39. The number of carbonyl (C=O) groups is 1. The number of nitrogens with zero attached hydrogens (tertiary/aromatic N) is 6. The highest BCUT2D eigenvalue weighted by atomic mass is 19.4. The zero-order valence-electron chi connectivity index (χ0n) is 17.5. The van der Waals surface area contributed by atoms with E-state index in [1.165, 1.54) is 0 Å². The van der Waals surface area contributed by atoms with Crippen LogP contribution < -0.4 is 20.4 Å². The van der Waals surface area contributed by atoms with Crippen LogP contribution in [0.15, 0.2) is 12.4 Å². The van der Waals surface area contributed by atoms with Crippen LogP contribution in [-0.2, 0) is 11.0 Å². The number of hydrogen-bond acceptors (Lipinski definition) is 8. The Labute approximate surface area is 177 Å². The second-order valence-corrected chi connectivity index (χ2v) is 7.94. The molecule has 1 saturated carbocycles. The van der Waals surface area contributed by atoms with Crippen molar-refractivity contribution in [1.29, 1.82) is 0 Å². The molecule has 2 N–H and O–H groups in total. The molecule has 4 rings (SSSR count). The van der Waals surface area contributed by atoms with Crippen LogP contribution >= 0.6 is 0 Å². The molecule has 31 heavy (non-hydrogen) atoms. The van der Waals surface area contributed by atoms with Gasteiger partial charge in [0.15, 0.2) is 11.5 Å². The van der Waals surface area contributed by atoms with Gasteiger partial charge >= 0.3 is 6.18 Å². The van der Waals surface area contributed by atoms with Crippen molar-refractivity contribution in [2.24, 2.45) is 0 Å². The fraction of sp³-hybridized carbons (Fsp3) is 0.526. The Morgan fingerprint density at radius 1 is 1.23 bits per heavy atom. The molecule has 0 saturated heterocycles. The van der Waals surface area contributed by atoms with E-state index >= 15 is 0 Å². The van der Waals surface area contributed by atoms with Gasteiger partial charge < -0.3 is 20.4 Å². The molecule has 0 bridgehead atoms. The zero-order valence-corrected chi connectivity index (χ0v) is 17.5. The molecule has 0 unspecified atom stereocenters. The summed E-state index contributed by atoms with van der Waals surface area (Å²) in [6, 6.07) is -0.0984. The molecule has 9 nitrogen and oxygen atoms in total. The molecule has 1 atom stereocenters. The van der Waals surface area contributed by atoms with E-state index < -0.39 is 11.9 Å². The number of amides is 1. The van der Waals surface area contributed by atoms with Crippen LogP contribution in [0.25, 0.3) is 0 Å². The van der Waals surface area contributed by atoms with E-state index in [0.29, 0.717) is 29.0 Å². The van der Waals surface area contributed by atoms with E-state index in [9.17, 15) is 18.0 Å². The van der Waals surface area contributed by atoms with Gasteiger partial charge in [-0.1, -0.05) is 0 Å². The Hall–Kier alpha value is -3.18. The van der Waals surface area contributed by atoms with Crippen molar-refractivity contribution in [1.82, 2.24) is 19.9 Å². The predicted octanol–water partition coefficient (Wildman–Crippen LogP) is 2.45. The molecule has 2 aromatic heterocycles. The number of nitrogens with one attached hydrogen (secondary N) is 2. The number of hydrogen-bond donors (Lipinski definition) is 2. The lowest BCUT2D eigenvalue weighted by molar-refractivity contribution is -0.141. The summed E-state index contributed by atoms with van der Waals surface area (Å²) in [5.41, 5.74) is 0.282. The molecule has 0 aromatic carbocycles. The van der Waals surface area contributed by atoms with E-state index in [1.54, 1.807) is 14.0 Å². The summed E-state index contributed by atoms with van der Waals surface area (Å²) in [5.74, 6) is 1.43. The molecule has 2 aromatic rings. The maximum atomic E-state index is 12.7. The summed E-state index contributed by atoms with van der Waals surface area (Å²) in [6.07, 6.45) is -1.11. The topological polar surface area (TPSA) is 99.2 Å². The smallest absolute Gasteiger partial charge is 0.355 e. The van der Waals surface area contributed by atoms with Crippen LogP contribution in [0.2, 0.25) is 0 Å². The lowest BCUT2D eigenvalue weighted by Gasteiger charge is -2.42.